The standard InChI is InChI=1S/C12H11FO3/c1-16-8-4-10-9(11(13)5-8)2-7(6-14)3-12(10)15/h2-5,14-15H,6H2,1H3. The van der Waals surface area contributed by atoms with Gasteiger partial charge in [-0.05, 0) is 23.8 Å². The van der Waals surface area contributed by atoms with Crippen LogP contribution in [0.3, 0.4) is 0 Å². The topological polar surface area (TPSA) is 49.7 Å². The van der Waals surface area contributed by atoms with E-state index in [0.29, 0.717) is 16.7 Å². The Morgan fingerprint density at radius 3 is 2.56 bits per heavy atom. The molecular weight excluding hydrogens is 211 g/mol. The molecule has 0 spiro atoms. The van der Waals surface area contributed by atoms with Crippen molar-refractivity contribution in [3.8, 4) is 11.5 Å². The maximum absolute atomic E-state index is 13.7. The average molecular weight is 222 g/mol. The molecule has 0 saturated carbocycles. The summed E-state index contributed by atoms with van der Waals surface area (Å²) in [5.74, 6) is -0.212. The Morgan fingerprint density at radius 1 is 1.19 bits per heavy atom. The first-order valence-corrected chi connectivity index (χ1v) is 4.75. The molecule has 0 bridgehead atoms. The van der Waals surface area contributed by atoms with Crippen LogP contribution in [0.4, 0.5) is 4.39 Å². The minimum Gasteiger partial charge on any atom is -0.507 e. The van der Waals surface area contributed by atoms with Crippen molar-refractivity contribution in [2.75, 3.05) is 7.11 Å². The van der Waals surface area contributed by atoms with Gasteiger partial charge in [0.05, 0.1) is 13.7 Å². The van der Waals surface area contributed by atoms with E-state index < -0.39 is 5.82 Å². The number of ether oxygens (including phenoxy) is 1. The molecule has 0 fully saturated rings. The van der Waals surface area contributed by atoms with E-state index in [-0.39, 0.29) is 17.7 Å². The molecule has 0 atom stereocenters. The van der Waals surface area contributed by atoms with Gasteiger partial charge in [0.2, 0.25) is 0 Å². The van der Waals surface area contributed by atoms with Crippen LogP contribution in [0.1, 0.15) is 5.56 Å². The van der Waals surface area contributed by atoms with Crippen LogP contribution in [-0.4, -0.2) is 17.3 Å². The van der Waals surface area contributed by atoms with Gasteiger partial charge in [0.1, 0.15) is 17.3 Å². The number of aliphatic hydroxyl groups excluding tert-OH is 1. The summed E-state index contributed by atoms with van der Waals surface area (Å²) in [4.78, 5) is 0. The Kier molecular flexibility index (Phi) is 2.66. The summed E-state index contributed by atoms with van der Waals surface area (Å²) in [6.07, 6.45) is 0. The zero-order valence-corrected chi connectivity index (χ0v) is 8.70. The SMILES string of the molecule is COc1cc(F)c2cc(CO)cc(O)c2c1. The van der Waals surface area contributed by atoms with E-state index in [2.05, 4.69) is 0 Å². The molecule has 4 heteroatoms. The normalized spacial score (nSPS) is 10.7. The molecule has 0 aromatic heterocycles. The molecule has 0 saturated heterocycles. The van der Waals surface area contributed by atoms with Gasteiger partial charge in [0.15, 0.2) is 0 Å². The number of aliphatic hydroxyl groups is 1. The number of hydrogen-bond donors (Lipinski definition) is 2. The molecule has 0 aliphatic carbocycles. The van der Waals surface area contributed by atoms with Crippen LogP contribution in [0.15, 0.2) is 24.3 Å². The third-order valence-electron chi connectivity index (χ3n) is 2.45. The first-order valence-electron chi connectivity index (χ1n) is 4.75. The average Bonchev–Trinajstić information content (AvgIpc) is 2.29. The molecule has 84 valence electrons. The predicted octanol–water partition coefficient (Wildman–Crippen LogP) is 2.19. The molecule has 0 heterocycles. The number of methoxy groups -OCH3 is 1. The second-order valence-corrected chi connectivity index (χ2v) is 3.48. The number of benzene rings is 2. The molecule has 0 aliphatic heterocycles. The minimum atomic E-state index is -0.486. The van der Waals surface area contributed by atoms with Gasteiger partial charge in [0.25, 0.3) is 0 Å². The van der Waals surface area contributed by atoms with Crippen LogP contribution in [0.5, 0.6) is 11.5 Å². The molecule has 2 aromatic carbocycles. The molecule has 2 rings (SSSR count). The van der Waals surface area contributed by atoms with Crippen molar-refractivity contribution < 1.29 is 19.3 Å². The molecule has 3 nitrogen and oxygen atoms in total. The zero-order valence-electron chi connectivity index (χ0n) is 8.70. The lowest BCUT2D eigenvalue weighted by molar-refractivity contribution is 0.281. The molecule has 0 amide bonds. The van der Waals surface area contributed by atoms with E-state index in [4.69, 9.17) is 9.84 Å². The maximum Gasteiger partial charge on any atom is 0.134 e. The Hall–Kier alpha value is -1.81. The largest absolute Gasteiger partial charge is 0.507 e. The van der Waals surface area contributed by atoms with Gasteiger partial charge >= 0.3 is 0 Å². The van der Waals surface area contributed by atoms with Crippen LogP contribution in [0, 0.1) is 5.82 Å². The molecule has 0 radical (unpaired) electrons. The molecule has 2 N–H and O–H groups in total. The Bertz CT molecular complexity index is 488. The number of halogens is 1. The van der Waals surface area contributed by atoms with Crippen LogP contribution >= 0.6 is 0 Å². The minimum absolute atomic E-state index is 0.0700. The summed E-state index contributed by atoms with van der Waals surface area (Å²) < 4.78 is 18.6. The van der Waals surface area contributed by atoms with Crippen molar-refractivity contribution in [1.82, 2.24) is 0 Å². The zero-order chi connectivity index (χ0) is 11.7. The fraction of sp³-hybridized carbons (Fsp3) is 0.167. The van der Waals surface area contributed by atoms with Gasteiger partial charge < -0.3 is 14.9 Å². The number of phenolic OH excluding ortho intramolecular Hbond substituents is 1. The Labute approximate surface area is 91.7 Å². The predicted molar refractivity (Wildman–Crippen MR) is 58.0 cm³/mol. The van der Waals surface area contributed by atoms with Crippen LogP contribution in [0.25, 0.3) is 10.8 Å². The summed E-state index contributed by atoms with van der Waals surface area (Å²) in [5.41, 5.74) is 0.467. The summed E-state index contributed by atoms with van der Waals surface area (Å²) in [6, 6.07) is 5.70. The van der Waals surface area contributed by atoms with Crippen molar-refractivity contribution in [1.29, 1.82) is 0 Å². The Morgan fingerprint density at radius 2 is 1.94 bits per heavy atom. The Balaban J connectivity index is 2.78. The van der Waals surface area contributed by atoms with Crippen LogP contribution < -0.4 is 4.74 Å². The molecule has 16 heavy (non-hydrogen) atoms. The fourth-order valence-corrected chi connectivity index (χ4v) is 1.64. The number of aromatic hydroxyl groups is 1. The van der Waals surface area contributed by atoms with E-state index >= 15 is 0 Å². The molecule has 2 aromatic rings. The van der Waals surface area contributed by atoms with E-state index in [9.17, 15) is 9.50 Å². The van der Waals surface area contributed by atoms with E-state index in [0.717, 1.165) is 0 Å². The van der Waals surface area contributed by atoms with Crippen LogP contribution in [0.2, 0.25) is 0 Å². The number of fused-ring (bicyclic) bond motifs is 1. The number of hydrogen-bond acceptors (Lipinski definition) is 3. The lowest BCUT2D eigenvalue weighted by Crippen LogP contribution is -1.89. The molecular formula is C12H11FO3. The summed E-state index contributed by atoms with van der Waals surface area (Å²) in [7, 11) is 1.43. The summed E-state index contributed by atoms with van der Waals surface area (Å²) in [5, 5.41) is 19.3. The smallest absolute Gasteiger partial charge is 0.134 e. The van der Waals surface area contributed by atoms with Crippen molar-refractivity contribution in [3.05, 3.63) is 35.6 Å². The second-order valence-electron chi connectivity index (χ2n) is 3.48. The lowest BCUT2D eigenvalue weighted by Gasteiger charge is -2.07. The highest BCUT2D eigenvalue weighted by atomic mass is 19.1. The quantitative estimate of drug-likeness (QED) is 0.818. The third kappa shape index (κ3) is 1.67. The lowest BCUT2D eigenvalue weighted by atomic mass is 10.1. The fourth-order valence-electron chi connectivity index (χ4n) is 1.64. The second kappa shape index (κ2) is 3.98. The molecule has 0 aliphatic rings. The van der Waals surface area contributed by atoms with Crippen molar-refractivity contribution >= 4 is 10.8 Å². The van der Waals surface area contributed by atoms with E-state index in [1.54, 1.807) is 6.07 Å². The van der Waals surface area contributed by atoms with Crippen molar-refractivity contribution in [2.24, 2.45) is 0 Å². The van der Waals surface area contributed by atoms with Gasteiger partial charge in [0, 0.05) is 16.8 Å². The van der Waals surface area contributed by atoms with Crippen molar-refractivity contribution in [2.45, 2.75) is 6.61 Å². The van der Waals surface area contributed by atoms with Gasteiger partial charge in [-0.2, -0.15) is 0 Å². The van der Waals surface area contributed by atoms with Gasteiger partial charge in [-0.15, -0.1) is 0 Å². The highest BCUT2D eigenvalue weighted by molar-refractivity contribution is 5.90. The highest BCUT2D eigenvalue weighted by Gasteiger charge is 2.09. The van der Waals surface area contributed by atoms with Crippen molar-refractivity contribution in [3.63, 3.8) is 0 Å². The van der Waals surface area contributed by atoms with E-state index in [1.807, 2.05) is 0 Å². The van der Waals surface area contributed by atoms with E-state index in [1.165, 1.54) is 25.3 Å². The number of phenols is 1. The van der Waals surface area contributed by atoms with Crippen LogP contribution in [-0.2, 0) is 6.61 Å². The monoisotopic (exact) mass is 222 g/mol. The van der Waals surface area contributed by atoms with Gasteiger partial charge in [-0.1, -0.05) is 0 Å². The maximum atomic E-state index is 13.7. The number of rotatable bonds is 2. The molecule has 0 unspecified atom stereocenters. The summed E-state index contributed by atoms with van der Waals surface area (Å²) >= 11 is 0. The van der Waals surface area contributed by atoms with Gasteiger partial charge in [-0.25, -0.2) is 4.39 Å². The van der Waals surface area contributed by atoms with Gasteiger partial charge in [-0.3, -0.25) is 0 Å². The highest BCUT2D eigenvalue weighted by Crippen LogP contribution is 2.32. The first kappa shape index (κ1) is 10.7. The first-order chi connectivity index (χ1) is 7.65. The third-order valence-corrected chi connectivity index (χ3v) is 2.45. The summed E-state index contributed by atoms with van der Waals surface area (Å²) in [6.45, 7) is -0.241.